The number of rotatable bonds is 4. The van der Waals surface area contributed by atoms with Gasteiger partial charge in [0.1, 0.15) is 17.6 Å². The topological polar surface area (TPSA) is 54.8 Å². The van der Waals surface area contributed by atoms with Crippen molar-refractivity contribution in [2.24, 2.45) is 4.99 Å². The summed E-state index contributed by atoms with van der Waals surface area (Å²) in [6, 6.07) is 5.39. The van der Waals surface area contributed by atoms with Crippen molar-refractivity contribution in [1.82, 2.24) is 9.27 Å². The molecule has 2 aliphatic heterocycles. The lowest BCUT2D eigenvalue weighted by Gasteiger charge is -2.32. The van der Waals surface area contributed by atoms with E-state index in [1.165, 1.54) is 23.7 Å². The van der Waals surface area contributed by atoms with Gasteiger partial charge in [0.2, 0.25) is 0 Å². The molecular formula is C19H17ClFN3O2S. The number of aliphatic imine (C=N–C) groups is 1. The Hall–Kier alpha value is -2.25. The fourth-order valence-corrected chi connectivity index (χ4v) is 4.30. The van der Waals surface area contributed by atoms with E-state index < -0.39 is 17.8 Å². The number of carbonyl (C=O) groups is 1. The molecule has 1 fully saturated rings. The van der Waals surface area contributed by atoms with Crippen LogP contribution in [0.2, 0.25) is 5.02 Å². The Labute approximate surface area is 165 Å². The number of nitrogens with zero attached hydrogens (tertiary/aromatic N) is 3. The first kappa shape index (κ1) is 18.1. The lowest BCUT2D eigenvalue weighted by Crippen LogP contribution is -2.35. The molecule has 5 nitrogen and oxygen atoms in total. The minimum absolute atomic E-state index is 0.232. The smallest absolute Gasteiger partial charge is 0.338 e. The molecule has 1 unspecified atom stereocenters. The third kappa shape index (κ3) is 3.26. The van der Waals surface area contributed by atoms with Gasteiger partial charge in [-0.3, -0.25) is 4.99 Å². The highest BCUT2D eigenvalue weighted by atomic mass is 35.5. The molecule has 1 atom stereocenters. The summed E-state index contributed by atoms with van der Waals surface area (Å²) in [5.41, 5.74) is 2.69. The summed E-state index contributed by atoms with van der Waals surface area (Å²) in [6.45, 7) is 2.79. The van der Waals surface area contributed by atoms with Crippen LogP contribution in [0.5, 0.6) is 0 Å². The third-order valence-corrected chi connectivity index (χ3v) is 5.52. The number of carbonyl (C=O) groups excluding carboxylic acids is 1. The van der Waals surface area contributed by atoms with E-state index in [9.17, 15) is 9.18 Å². The van der Waals surface area contributed by atoms with Crippen LogP contribution in [0.1, 0.15) is 37.1 Å². The number of fused-ring (bicyclic) bond motifs is 1. The van der Waals surface area contributed by atoms with E-state index in [0.29, 0.717) is 17.0 Å². The maximum absolute atomic E-state index is 13.6. The summed E-state index contributed by atoms with van der Waals surface area (Å²) >= 11 is 7.66. The Kier molecular flexibility index (Phi) is 4.97. The standard InChI is InChI=1S/C19H17ClFN3O2S/c1-2-26-19(25)16-15-4-3-8-24(15)18(14-7-9-27-23-14)22-17(16)12-6-5-11(21)10-13(12)20/h5-7,9-10,17H,2-4,8H2,1H3. The van der Waals surface area contributed by atoms with Gasteiger partial charge in [0.25, 0.3) is 0 Å². The van der Waals surface area contributed by atoms with Crippen molar-refractivity contribution >= 4 is 34.9 Å². The second kappa shape index (κ2) is 7.40. The third-order valence-electron chi connectivity index (χ3n) is 4.63. The van der Waals surface area contributed by atoms with Gasteiger partial charge in [-0.15, -0.1) is 0 Å². The molecule has 0 N–H and O–H groups in total. The molecule has 4 rings (SSSR count). The van der Waals surface area contributed by atoms with Crippen LogP contribution in [0.4, 0.5) is 4.39 Å². The molecule has 0 aliphatic carbocycles. The van der Waals surface area contributed by atoms with E-state index in [-0.39, 0.29) is 11.6 Å². The van der Waals surface area contributed by atoms with Crippen molar-refractivity contribution in [2.75, 3.05) is 13.2 Å². The molecule has 0 spiro atoms. The largest absolute Gasteiger partial charge is 0.463 e. The van der Waals surface area contributed by atoms with Crippen LogP contribution in [0.25, 0.3) is 0 Å². The highest BCUT2D eigenvalue weighted by Crippen LogP contribution is 2.42. The van der Waals surface area contributed by atoms with Crippen molar-refractivity contribution in [3.05, 3.63) is 63.0 Å². The molecule has 8 heteroatoms. The molecule has 2 aliphatic rings. The van der Waals surface area contributed by atoms with Crippen molar-refractivity contribution in [3.63, 3.8) is 0 Å². The number of benzene rings is 1. The molecule has 1 saturated heterocycles. The lowest BCUT2D eigenvalue weighted by molar-refractivity contribution is -0.139. The Morgan fingerprint density at radius 3 is 3.00 bits per heavy atom. The molecule has 0 amide bonds. The quantitative estimate of drug-likeness (QED) is 0.709. The molecular weight excluding hydrogens is 389 g/mol. The van der Waals surface area contributed by atoms with Crippen molar-refractivity contribution < 1.29 is 13.9 Å². The van der Waals surface area contributed by atoms with Crippen LogP contribution in [-0.4, -0.2) is 34.2 Å². The second-order valence-corrected chi connectivity index (χ2v) is 7.31. The number of halogens is 2. The maximum atomic E-state index is 13.6. The van der Waals surface area contributed by atoms with Gasteiger partial charge >= 0.3 is 5.97 Å². The minimum atomic E-state index is -0.654. The van der Waals surface area contributed by atoms with E-state index in [1.807, 2.05) is 16.3 Å². The van der Waals surface area contributed by atoms with Crippen LogP contribution in [0.15, 0.2) is 45.9 Å². The normalized spacial score (nSPS) is 19.1. The Bertz CT molecular complexity index is 942. The Balaban J connectivity index is 1.89. The zero-order valence-corrected chi connectivity index (χ0v) is 16.2. The number of amidine groups is 1. The van der Waals surface area contributed by atoms with E-state index in [0.717, 1.165) is 30.8 Å². The highest BCUT2D eigenvalue weighted by molar-refractivity contribution is 7.03. The van der Waals surface area contributed by atoms with Gasteiger partial charge in [-0.1, -0.05) is 17.7 Å². The van der Waals surface area contributed by atoms with Crippen LogP contribution in [0, 0.1) is 5.82 Å². The first-order valence-corrected chi connectivity index (χ1v) is 9.92. The van der Waals surface area contributed by atoms with Crippen molar-refractivity contribution in [2.45, 2.75) is 25.8 Å². The molecule has 1 aromatic carbocycles. The minimum Gasteiger partial charge on any atom is -0.463 e. The molecule has 3 heterocycles. The van der Waals surface area contributed by atoms with Gasteiger partial charge in [0.15, 0.2) is 5.84 Å². The molecule has 27 heavy (non-hydrogen) atoms. The zero-order valence-electron chi connectivity index (χ0n) is 14.6. The van der Waals surface area contributed by atoms with Crippen LogP contribution < -0.4 is 0 Å². The number of esters is 1. The second-order valence-electron chi connectivity index (χ2n) is 6.24. The predicted octanol–water partition coefficient (Wildman–Crippen LogP) is 4.35. The first-order valence-electron chi connectivity index (χ1n) is 8.71. The lowest BCUT2D eigenvalue weighted by atomic mass is 9.94. The summed E-state index contributed by atoms with van der Waals surface area (Å²) in [6.07, 6.45) is 1.65. The molecule has 1 aromatic heterocycles. The zero-order chi connectivity index (χ0) is 19.0. The number of aromatic nitrogens is 1. The van der Waals surface area contributed by atoms with E-state index in [4.69, 9.17) is 21.3 Å². The monoisotopic (exact) mass is 405 g/mol. The number of hydrogen-bond donors (Lipinski definition) is 0. The molecule has 2 aromatic rings. The SMILES string of the molecule is CCOC(=O)C1=C2CCCN2C(c2ccsn2)=NC1c1ccc(F)cc1Cl. The molecule has 0 radical (unpaired) electrons. The maximum Gasteiger partial charge on any atom is 0.338 e. The van der Waals surface area contributed by atoms with E-state index >= 15 is 0 Å². The first-order chi connectivity index (χ1) is 13.1. The summed E-state index contributed by atoms with van der Waals surface area (Å²) in [4.78, 5) is 19.7. The van der Waals surface area contributed by atoms with Crippen LogP contribution >= 0.6 is 23.1 Å². The summed E-state index contributed by atoms with van der Waals surface area (Å²) in [5, 5.41) is 2.12. The van der Waals surface area contributed by atoms with Gasteiger partial charge in [-0.25, -0.2) is 9.18 Å². The number of hydrogen-bond acceptors (Lipinski definition) is 6. The van der Waals surface area contributed by atoms with E-state index in [1.54, 1.807) is 13.0 Å². The average molecular weight is 406 g/mol. The Morgan fingerprint density at radius 1 is 1.44 bits per heavy atom. The van der Waals surface area contributed by atoms with Gasteiger partial charge in [-0.05, 0) is 49.5 Å². The van der Waals surface area contributed by atoms with Crippen LogP contribution in [-0.2, 0) is 9.53 Å². The number of allylic oxidation sites excluding steroid dienone is 1. The van der Waals surface area contributed by atoms with Crippen LogP contribution in [0.3, 0.4) is 0 Å². The molecule has 0 bridgehead atoms. The summed E-state index contributed by atoms with van der Waals surface area (Å²) in [7, 11) is 0. The average Bonchev–Trinajstić information content (AvgIpc) is 3.32. The van der Waals surface area contributed by atoms with E-state index in [2.05, 4.69) is 4.37 Å². The number of ether oxygens (including phenoxy) is 1. The summed E-state index contributed by atoms with van der Waals surface area (Å²) in [5.74, 6) is -0.135. The fraction of sp³-hybridized carbons (Fsp3) is 0.316. The highest BCUT2D eigenvalue weighted by Gasteiger charge is 2.39. The molecule has 140 valence electrons. The fourth-order valence-electron chi connectivity index (χ4n) is 3.52. The van der Waals surface area contributed by atoms with Gasteiger partial charge in [0.05, 0.1) is 12.2 Å². The van der Waals surface area contributed by atoms with Crippen molar-refractivity contribution in [3.8, 4) is 0 Å². The van der Waals surface area contributed by atoms with Gasteiger partial charge in [-0.2, -0.15) is 4.37 Å². The van der Waals surface area contributed by atoms with Gasteiger partial charge < -0.3 is 9.64 Å². The van der Waals surface area contributed by atoms with Crippen molar-refractivity contribution in [1.29, 1.82) is 0 Å². The summed E-state index contributed by atoms with van der Waals surface area (Å²) < 4.78 is 23.3. The predicted molar refractivity (Wildman–Crippen MR) is 102 cm³/mol. The molecule has 0 saturated carbocycles. The Morgan fingerprint density at radius 2 is 2.30 bits per heavy atom. The van der Waals surface area contributed by atoms with Gasteiger partial charge in [0, 0.05) is 28.2 Å².